The Labute approximate surface area is 533 Å². The zero-order valence-corrected chi connectivity index (χ0v) is 53.7. The van der Waals surface area contributed by atoms with Gasteiger partial charge < -0.3 is 39.3 Å². The number of rotatable bonds is 35. The lowest BCUT2D eigenvalue weighted by atomic mass is 9.85. The summed E-state index contributed by atoms with van der Waals surface area (Å²) in [6.07, 6.45) is 12.0. The number of Topliss-reactive ketones (excluding diaryl/α,β-unsaturated/α-hetero) is 3. The number of amides is 1. The van der Waals surface area contributed by atoms with Gasteiger partial charge in [0.1, 0.15) is 32.2 Å². The van der Waals surface area contributed by atoms with Crippen LogP contribution in [0.4, 0.5) is 10.5 Å². The largest absolute Gasteiger partial charge is 0.510 e. The van der Waals surface area contributed by atoms with Crippen molar-refractivity contribution < 1.29 is 60.9 Å². The van der Waals surface area contributed by atoms with Gasteiger partial charge in [-0.2, -0.15) is 4.31 Å². The van der Waals surface area contributed by atoms with Crippen molar-refractivity contribution in [3.8, 4) is 23.2 Å². The van der Waals surface area contributed by atoms with Gasteiger partial charge in [0.2, 0.25) is 21.5 Å². The van der Waals surface area contributed by atoms with Crippen LogP contribution in [0.25, 0.3) is 22.3 Å². The number of benzene rings is 2. The normalized spacial score (nSPS) is 14.5. The maximum atomic E-state index is 14.4. The molecule has 0 saturated heterocycles. The van der Waals surface area contributed by atoms with Crippen molar-refractivity contribution in [1.82, 2.24) is 38.8 Å². The fourth-order valence-electron chi connectivity index (χ4n) is 11.0. The van der Waals surface area contributed by atoms with Gasteiger partial charge in [-0.25, -0.2) is 37.6 Å². The Bertz CT molecular complexity index is 3830. The molecule has 0 spiro atoms. The summed E-state index contributed by atoms with van der Waals surface area (Å²) in [5.74, 6) is 3.69. The predicted octanol–water partition coefficient (Wildman–Crippen LogP) is 7.21. The Kier molecular flexibility index (Phi) is 24.8. The lowest BCUT2D eigenvalue weighted by Gasteiger charge is -2.35. The van der Waals surface area contributed by atoms with Crippen LogP contribution in [0.3, 0.4) is 0 Å². The minimum absolute atomic E-state index is 0.107. The van der Waals surface area contributed by atoms with Crippen molar-refractivity contribution in [3.05, 3.63) is 123 Å². The predicted molar refractivity (Wildman–Crippen MR) is 339 cm³/mol. The van der Waals surface area contributed by atoms with E-state index >= 15 is 0 Å². The second kappa shape index (κ2) is 32.8. The molecule has 6 heterocycles. The van der Waals surface area contributed by atoms with Gasteiger partial charge >= 0.3 is 12.1 Å². The number of unbranched alkanes of at least 4 members (excludes halogenated alkanes) is 2. The highest BCUT2D eigenvalue weighted by atomic mass is 32.2. The van der Waals surface area contributed by atoms with Gasteiger partial charge in [-0.05, 0) is 107 Å². The van der Waals surface area contributed by atoms with Crippen molar-refractivity contribution in [1.29, 1.82) is 0 Å². The number of para-hydroxylation sites is 1. The lowest BCUT2D eigenvalue weighted by Crippen LogP contribution is -2.47. The van der Waals surface area contributed by atoms with Crippen molar-refractivity contribution in [2.45, 2.75) is 147 Å². The Morgan fingerprint density at radius 3 is 2.41 bits per heavy atom. The molecule has 0 bridgehead atoms. The van der Waals surface area contributed by atoms with E-state index in [9.17, 15) is 42.0 Å². The first kappa shape index (κ1) is 68.8. The number of carbonyl (C=O) groups excluding carboxylic acids is 6. The second-order valence-corrected chi connectivity index (χ2v) is 25.4. The van der Waals surface area contributed by atoms with Crippen LogP contribution in [-0.4, -0.2) is 141 Å². The molecule has 2 atom stereocenters. The van der Waals surface area contributed by atoms with Crippen LogP contribution in [0.15, 0.2) is 83.1 Å². The molecule has 2 aromatic carbocycles. The Hall–Kier alpha value is -8.06. The van der Waals surface area contributed by atoms with Crippen LogP contribution in [-0.2, 0) is 102 Å². The smallest absolute Gasteiger partial charge is 0.457 e. The fraction of sp³-hybridized carbons (Fsp3) is 0.477. The molecule has 0 aliphatic carbocycles. The van der Waals surface area contributed by atoms with Crippen LogP contribution in [0.1, 0.15) is 130 Å². The monoisotopic (exact) mass is 1290 g/mol. The average Bonchev–Trinajstić information content (AvgIpc) is 1.66. The first-order valence-electron chi connectivity index (χ1n) is 30.5. The third kappa shape index (κ3) is 18.6. The number of nitrogens with two attached hydrogens (primary N) is 1. The number of nitrogens with zero attached hydrogens (tertiary/aromatic N) is 8. The molecular formula is C65H78N10O14S2. The zero-order valence-electron chi connectivity index (χ0n) is 52.0. The van der Waals surface area contributed by atoms with E-state index in [0.717, 1.165) is 22.1 Å². The molecule has 1 amide bonds. The zero-order chi connectivity index (χ0) is 65.1. The van der Waals surface area contributed by atoms with Gasteiger partial charge in [-0.3, -0.25) is 24.0 Å². The molecule has 0 saturated carbocycles. The highest BCUT2D eigenvalue weighted by Crippen LogP contribution is 2.42. The van der Waals surface area contributed by atoms with E-state index in [1.807, 2.05) is 44.4 Å². The maximum absolute atomic E-state index is 14.4. The molecule has 0 unspecified atom stereocenters. The molecule has 0 fully saturated rings. The van der Waals surface area contributed by atoms with Crippen molar-refractivity contribution in [2.24, 2.45) is 11.7 Å². The molecule has 4 aromatic heterocycles. The molecule has 91 heavy (non-hydrogen) atoms. The van der Waals surface area contributed by atoms with Crippen molar-refractivity contribution >= 4 is 73.8 Å². The summed E-state index contributed by atoms with van der Waals surface area (Å²) in [6.45, 7) is 5.84. The third-order valence-electron chi connectivity index (χ3n) is 15.7. The van der Waals surface area contributed by atoms with E-state index in [1.54, 1.807) is 65.1 Å². The summed E-state index contributed by atoms with van der Waals surface area (Å²) in [7, 11) is -3.53. The summed E-state index contributed by atoms with van der Waals surface area (Å²) in [5.41, 5.74) is 8.99. The number of esters is 1. The number of ether oxygens (including phenoxy) is 5. The molecule has 26 heteroatoms. The molecule has 0 radical (unpaired) electrons. The molecule has 484 valence electrons. The van der Waals surface area contributed by atoms with E-state index in [0.29, 0.717) is 130 Å². The highest BCUT2D eigenvalue weighted by molar-refractivity contribution is 7.98. The van der Waals surface area contributed by atoms with Gasteiger partial charge in [0.25, 0.3) is 5.56 Å². The SMILES string of the molecule is CC[C@@]1(OC(=O)OCc2ccc(NC(=O)[C@H](CCCCN)CC(=O)COCC(=O)CCCOCCn3cc(CCC(=O)CCCC#Cc4cnc(SC)nc4)nn3)cc2)C(=O)OCc2c1cc1n(c2=O)Cc2c-1nc1ccccc1c2CCN(C(C)C)S(C)(=O)=O. The third-order valence-corrected chi connectivity index (χ3v) is 17.8. The van der Waals surface area contributed by atoms with E-state index in [1.165, 1.54) is 22.3 Å². The number of nitrogens with one attached hydrogen (secondary N) is 1. The fourth-order valence-corrected chi connectivity index (χ4v) is 12.5. The van der Waals surface area contributed by atoms with Gasteiger partial charge in [0.15, 0.2) is 16.7 Å². The summed E-state index contributed by atoms with van der Waals surface area (Å²) in [4.78, 5) is 107. The molecular weight excluding hydrogens is 1210 g/mol. The number of cyclic esters (lactones) is 1. The van der Waals surface area contributed by atoms with Crippen LogP contribution in [0, 0.1) is 17.8 Å². The summed E-state index contributed by atoms with van der Waals surface area (Å²) in [6, 6.07) is 15.3. The minimum Gasteiger partial charge on any atom is -0.457 e. The van der Waals surface area contributed by atoms with Crippen molar-refractivity contribution in [3.63, 3.8) is 0 Å². The minimum atomic E-state index is -3.53. The number of aryl methyl sites for hydroxylation is 1. The van der Waals surface area contributed by atoms with Gasteiger partial charge in [-0.15, -0.1) is 5.10 Å². The van der Waals surface area contributed by atoms with E-state index in [4.69, 9.17) is 34.4 Å². The molecule has 6 aromatic rings. The Morgan fingerprint density at radius 1 is 0.912 bits per heavy atom. The number of aromatic nitrogens is 7. The number of fused-ring (bicyclic) bond motifs is 5. The summed E-state index contributed by atoms with van der Waals surface area (Å²) in [5, 5.41) is 12.7. The van der Waals surface area contributed by atoms with E-state index in [2.05, 4.69) is 37.4 Å². The lowest BCUT2D eigenvalue weighted by molar-refractivity contribution is -0.175. The second-order valence-electron chi connectivity index (χ2n) is 22.6. The number of carbonyl (C=O) groups is 6. The van der Waals surface area contributed by atoms with Crippen molar-refractivity contribution in [2.75, 3.05) is 57.3 Å². The van der Waals surface area contributed by atoms with E-state index < -0.39 is 45.1 Å². The Morgan fingerprint density at radius 2 is 1.67 bits per heavy atom. The first-order valence-corrected chi connectivity index (χ1v) is 33.6. The van der Waals surface area contributed by atoms with E-state index in [-0.39, 0.29) is 93.3 Å². The number of hydrogen-bond donors (Lipinski definition) is 2. The number of sulfonamides is 1. The number of ketones is 3. The van der Waals surface area contributed by atoms with Gasteiger partial charge in [0.05, 0.1) is 59.7 Å². The number of pyridine rings is 2. The van der Waals surface area contributed by atoms with Crippen LogP contribution >= 0.6 is 11.8 Å². The number of hydrogen-bond acceptors (Lipinski definition) is 21. The maximum Gasteiger partial charge on any atom is 0.510 e. The molecule has 8 rings (SSSR count). The standard InChI is InChI=1S/C65H78N10O14S2/c1-6-65(56-34-58-59-54(38-74(58)61(80)55(56)42-87-62(65)81)52(53-19-10-11-20-57(53)70-59)27-29-75(43(2)3)91(5,83)84)89-64(82)88-39-44-21-23-47(24-22-44)69-60(79)46(16-12-13-28-66)33-51(78)41-86-40-50(77)18-14-31-85-32-30-73-37-48(71-72-73)25-26-49(76)17-9-7-8-15-45-35-67-63(90-4)68-36-45/h10-11,19-24,34-37,43,46H,6-7,9,12-14,16-18,25-33,38-42,66H2,1-5H3,(H,69,79)/t46-,65+/m1/s1. The molecule has 2 aliphatic rings. The van der Waals surface area contributed by atoms with Gasteiger partial charge in [0, 0.05) is 98.0 Å². The molecule has 24 nitrogen and oxygen atoms in total. The Balaban J connectivity index is 0.755. The number of anilines is 1. The molecule has 3 N–H and O–H groups in total. The molecule has 2 aliphatic heterocycles. The number of thioether (sulfide) groups is 1. The quantitative estimate of drug-likeness (QED) is 0.0130. The van der Waals surface area contributed by atoms with Gasteiger partial charge in [-0.1, -0.05) is 72.5 Å². The van der Waals surface area contributed by atoms with Crippen LogP contribution in [0.2, 0.25) is 0 Å². The van der Waals surface area contributed by atoms with Crippen LogP contribution in [0.5, 0.6) is 0 Å². The first-order chi connectivity index (χ1) is 43.8. The topological polar surface area (TPSA) is 315 Å². The summed E-state index contributed by atoms with van der Waals surface area (Å²) < 4.78 is 58.2. The van der Waals surface area contributed by atoms with Crippen LogP contribution < -0.4 is 16.6 Å². The average molecular weight is 1290 g/mol. The highest BCUT2D eigenvalue weighted by Gasteiger charge is 2.51. The summed E-state index contributed by atoms with van der Waals surface area (Å²) >= 11 is 1.46.